The third kappa shape index (κ3) is 2.70. The Morgan fingerprint density at radius 1 is 1.37 bits per heavy atom. The monoisotopic (exact) mass is 281 g/mol. The fourth-order valence-corrected chi connectivity index (χ4v) is 3.24. The van der Waals surface area contributed by atoms with Crippen molar-refractivity contribution >= 4 is 28.3 Å². The first-order valence-electron chi connectivity index (χ1n) is 6.39. The molecule has 6 nitrogen and oxygen atoms in total. The molecular weight excluding hydrogens is 266 g/mol. The summed E-state index contributed by atoms with van der Waals surface area (Å²) in [6.45, 7) is 0.195. The summed E-state index contributed by atoms with van der Waals surface area (Å²) in [5.41, 5.74) is 0.669. The van der Waals surface area contributed by atoms with Crippen LogP contribution in [0.1, 0.15) is 35.8 Å². The first-order valence-corrected chi connectivity index (χ1v) is 7.21. The van der Waals surface area contributed by atoms with Crippen molar-refractivity contribution in [2.24, 2.45) is 0 Å². The number of rotatable bonds is 5. The van der Waals surface area contributed by atoms with Crippen molar-refractivity contribution in [3.63, 3.8) is 0 Å². The largest absolute Gasteiger partial charge is 0.481 e. The molecule has 0 radical (unpaired) electrons. The second kappa shape index (κ2) is 4.80. The lowest BCUT2D eigenvalue weighted by Gasteiger charge is -2.04. The Kier molecular flexibility index (Phi) is 3.14. The van der Waals surface area contributed by atoms with Crippen molar-refractivity contribution < 1.29 is 14.7 Å². The molecule has 1 fully saturated rings. The lowest BCUT2D eigenvalue weighted by Crippen LogP contribution is -2.31. The highest BCUT2D eigenvalue weighted by atomic mass is 32.1. The van der Waals surface area contributed by atoms with Crippen LogP contribution < -0.4 is 10.6 Å². The van der Waals surface area contributed by atoms with E-state index in [1.807, 2.05) is 0 Å². The summed E-state index contributed by atoms with van der Waals surface area (Å²) < 4.78 is 0. The van der Waals surface area contributed by atoms with Gasteiger partial charge in [-0.25, -0.2) is 4.98 Å². The van der Waals surface area contributed by atoms with Crippen molar-refractivity contribution in [2.45, 2.75) is 37.6 Å². The predicted molar refractivity (Wildman–Crippen MR) is 70.5 cm³/mol. The van der Waals surface area contributed by atoms with Crippen LogP contribution in [0.4, 0.5) is 5.13 Å². The number of nitrogens with one attached hydrogen (secondary N) is 2. The number of anilines is 1. The lowest BCUT2D eigenvalue weighted by molar-refractivity contribution is -0.138. The summed E-state index contributed by atoms with van der Waals surface area (Å²) in [7, 11) is 0. The van der Waals surface area contributed by atoms with Crippen LogP contribution in [0.25, 0.3) is 0 Å². The Labute approximate surface area is 114 Å². The molecule has 3 rings (SSSR count). The van der Waals surface area contributed by atoms with E-state index in [1.165, 1.54) is 11.3 Å². The fourth-order valence-electron chi connectivity index (χ4n) is 2.21. The van der Waals surface area contributed by atoms with E-state index in [4.69, 9.17) is 5.11 Å². The minimum atomic E-state index is -0.818. The summed E-state index contributed by atoms with van der Waals surface area (Å²) in [5.74, 6) is -1.34. The molecule has 3 N–H and O–H groups in total. The number of amides is 1. The normalized spacial score (nSPS) is 20.9. The molecule has 0 spiro atoms. The van der Waals surface area contributed by atoms with Crippen molar-refractivity contribution in [2.75, 3.05) is 11.9 Å². The molecule has 1 unspecified atom stereocenters. The molecule has 0 saturated heterocycles. The quantitative estimate of drug-likeness (QED) is 0.747. The topological polar surface area (TPSA) is 91.3 Å². The van der Waals surface area contributed by atoms with E-state index in [2.05, 4.69) is 15.6 Å². The van der Waals surface area contributed by atoms with Gasteiger partial charge >= 0.3 is 5.97 Å². The minimum Gasteiger partial charge on any atom is -0.481 e. The number of thiazole rings is 1. The van der Waals surface area contributed by atoms with Crippen LogP contribution in [0.15, 0.2) is 0 Å². The number of nitrogens with zero attached hydrogens (tertiary/aromatic N) is 1. The highest BCUT2D eigenvalue weighted by molar-refractivity contribution is 7.15. The highest BCUT2D eigenvalue weighted by Crippen LogP contribution is 2.38. The minimum absolute atomic E-state index is 0.0346. The molecule has 1 aromatic rings. The molecule has 0 bridgehead atoms. The number of aliphatic carboxylic acids is 1. The van der Waals surface area contributed by atoms with E-state index < -0.39 is 11.9 Å². The Balaban J connectivity index is 1.59. The number of carbonyl (C=O) groups excluding carboxylic acids is 1. The maximum atomic E-state index is 11.5. The van der Waals surface area contributed by atoms with Crippen molar-refractivity contribution in [3.05, 3.63) is 10.6 Å². The molecule has 1 aromatic heterocycles. The molecule has 1 heterocycles. The van der Waals surface area contributed by atoms with Crippen LogP contribution in [0.3, 0.4) is 0 Å². The van der Waals surface area contributed by atoms with E-state index in [-0.39, 0.29) is 12.5 Å². The number of fused-ring (bicyclic) bond motifs is 1. The van der Waals surface area contributed by atoms with Gasteiger partial charge in [0.1, 0.15) is 5.92 Å². The number of carboxylic acid groups (broad SMARTS) is 1. The highest BCUT2D eigenvalue weighted by Gasteiger charge is 2.32. The van der Waals surface area contributed by atoms with Gasteiger partial charge in [0.15, 0.2) is 5.13 Å². The van der Waals surface area contributed by atoms with Crippen LogP contribution in [0, 0.1) is 0 Å². The Hall–Kier alpha value is -1.63. The number of aryl methyl sites for hydroxylation is 1. The summed E-state index contributed by atoms with van der Waals surface area (Å²) >= 11 is 1.45. The van der Waals surface area contributed by atoms with Gasteiger partial charge in [-0.15, -0.1) is 11.3 Å². The van der Waals surface area contributed by atoms with Crippen molar-refractivity contribution in [1.82, 2.24) is 10.3 Å². The molecule has 7 heteroatoms. The molecule has 2 aliphatic rings. The van der Waals surface area contributed by atoms with Crippen LogP contribution in [0.5, 0.6) is 0 Å². The third-order valence-corrected chi connectivity index (χ3v) is 4.45. The summed E-state index contributed by atoms with van der Waals surface area (Å²) in [5, 5.41) is 15.6. The van der Waals surface area contributed by atoms with Gasteiger partial charge in [0.05, 0.1) is 12.2 Å². The fraction of sp³-hybridized carbons (Fsp3) is 0.583. The summed E-state index contributed by atoms with van der Waals surface area (Å²) in [6, 6.07) is 0.354. The standard InChI is InChI=1S/C12H15N3O3S/c16-9(14-6-1-2-6)5-13-12-15-10-7(11(17)18)3-4-8(10)19-12/h6-7H,1-5H2,(H,13,15)(H,14,16)(H,17,18). The first-order chi connectivity index (χ1) is 9.13. The maximum Gasteiger partial charge on any atom is 0.312 e. The van der Waals surface area contributed by atoms with Crippen LogP contribution in [-0.2, 0) is 16.0 Å². The lowest BCUT2D eigenvalue weighted by atomic mass is 10.1. The van der Waals surface area contributed by atoms with E-state index in [9.17, 15) is 9.59 Å². The molecule has 0 aromatic carbocycles. The van der Waals surface area contributed by atoms with E-state index in [0.29, 0.717) is 23.3 Å². The van der Waals surface area contributed by atoms with E-state index >= 15 is 0 Å². The Morgan fingerprint density at radius 3 is 2.84 bits per heavy atom. The molecule has 0 aliphatic heterocycles. The number of carboxylic acids is 1. The van der Waals surface area contributed by atoms with Gasteiger partial charge in [-0.3, -0.25) is 9.59 Å². The summed E-state index contributed by atoms with van der Waals surface area (Å²) in [4.78, 5) is 27.9. The molecule has 1 amide bonds. The van der Waals surface area contributed by atoms with Gasteiger partial charge < -0.3 is 15.7 Å². The van der Waals surface area contributed by atoms with E-state index in [1.54, 1.807) is 0 Å². The van der Waals surface area contributed by atoms with Crippen LogP contribution in [0.2, 0.25) is 0 Å². The molecule has 19 heavy (non-hydrogen) atoms. The van der Waals surface area contributed by atoms with Gasteiger partial charge in [-0.05, 0) is 25.7 Å². The van der Waals surface area contributed by atoms with E-state index in [0.717, 1.165) is 24.1 Å². The van der Waals surface area contributed by atoms with Crippen LogP contribution >= 0.6 is 11.3 Å². The van der Waals surface area contributed by atoms with Crippen molar-refractivity contribution in [1.29, 1.82) is 0 Å². The molecule has 2 aliphatic carbocycles. The number of carbonyl (C=O) groups is 2. The smallest absolute Gasteiger partial charge is 0.312 e. The number of aromatic nitrogens is 1. The van der Waals surface area contributed by atoms with Gasteiger partial charge in [-0.1, -0.05) is 0 Å². The second-order valence-electron chi connectivity index (χ2n) is 4.95. The zero-order chi connectivity index (χ0) is 13.4. The Morgan fingerprint density at radius 2 is 2.16 bits per heavy atom. The molecule has 1 saturated carbocycles. The zero-order valence-corrected chi connectivity index (χ0v) is 11.1. The van der Waals surface area contributed by atoms with Crippen molar-refractivity contribution in [3.8, 4) is 0 Å². The van der Waals surface area contributed by atoms with Gasteiger partial charge in [0, 0.05) is 10.9 Å². The van der Waals surface area contributed by atoms with Crippen LogP contribution in [-0.4, -0.2) is 34.6 Å². The molecular formula is C12H15N3O3S. The van der Waals surface area contributed by atoms with Gasteiger partial charge in [0.2, 0.25) is 5.91 Å². The molecule has 102 valence electrons. The third-order valence-electron chi connectivity index (χ3n) is 3.36. The van der Waals surface area contributed by atoms with Gasteiger partial charge in [0.25, 0.3) is 0 Å². The average molecular weight is 281 g/mol. The SMILES string of the molecule is O=C(CNc1nc2c(s1)CCC2C(=O)O)NC1CC1. The number of hydrogen-bond acceptors (Lipinski definition) is 5. The maximum absolute atomic E-state index is 11.5. The molecule has 1 atom stereocenters. The second-order valence-corrected chi connectivity index (χ2v) is 6.04. The zero-order valence-electron chi connectivity index (χ0n) is 10.3. The van der Waals surface area contributed by atoms with Gasteiger partial charge in [-0.2, -0.15) is 0 Å². The average Bonchev–Trinajstić information content (AvgIpc) is 2.93. The number of hydrogen-bond donors (Lipinski definition) is 3. The first kappa shape index (κ1) is 12.4. The summed E-state index contributed by atoms with van der Waals surface area (Å²) in [6.07, 6.45) is 3.53. The Bertz CT molecular complexity index is 524. The predicted octanol–water partition coefficient (Wildman–Crippen LogP) is 0.948.